The van der Waals surface area contributed by atoms with Gasteiger partial charge in [-0.25, -0.2) is 8.78 Å². The Morgan fingerprint density at radius 1 is 1.23 bits per heavy atom. The van der Waals surface area contributed by atoms with Crippen molar-refractivity contribution in [3.8, 4) is 0 Å². The molecule has 4 nitrogen and oxygen atoms in total. The van der Waals surface area contributed by atoms with Gasteiger partial charge in [0.25, 0.3) is 5.91 Å². The van der Waals surface area contributed by atoms with E-state index >= 15 is 0 Å². The van der Waals surface area contributed by atoms with Crippen molar-refractivity contribution >= 4 is 17.5 Å². The summed E-state index contributed by atoms with van der Waals surface area (Å²) in [4.78, 5) is 12.7. The second-order valence-electron chi connectivity index (χ2n) is 8.50. The van der Waals surface area contributed by atoms with Crippen LogP contribution in [0.4, 0.5) is 8.78 Å². The van der Waals surface area contributed by atoms with Crippen molar-refractivity contribution in [2.45, 2.75) is 39.3 Å². The molecule has 1 atom stereocenters. The molecule has 4 rings (SSSR count). The molecule has 1 amide bonds. The Bertz CT molecular complexity index is 1110. The summed E-state index contributed by atoms with van der Waals surface area (Å²) >= 11 is 6.31. The number of nitrogens with one attached hydrogen (secondary N) is 1. The van der Waals surface area contributed by atoms with Gasteiger partial charge in [-0.1, -0.05) is 43.6 Å². The highest BCUT2D eigenvalue weighted by atomic mass is 35.5. The minimum Gasteiger partial charge on any atom is -0.345 e. The van der Waals surface area contributed by atoms with Gasteiger partial charge >= 0.3 is 0 Å². The number of carbonyl (C=O) groups is 1. The van der Waals surface area contributed by atoms with E-state index in [1.165, 1.54) is 6.07 Å². The van der Waals surface area contributed by atoms with Crippen molar-refractivity contribution in [2.75, 3.05) is 0 Å². The topological polar surface area (TPSA) is 46.9 Å². The van der Waals surface area contributed by atoms with E-state index in [9.17, 15) is 13.6 Å². The number of halogens is 3. The first kappa shape index (κ1) is 20.5. The third kappa shape index (κ3) is 4.10. The molecule has 0 unspecified atom stereocenters. The lowest BCUT2D eigenvalue weighted by Gasteiger charge is -2.36. The van der Waals surface area contributed by atoms with E-state index < -0.39 is 17.5 Å². The zero-order valence-electron chi connectivity index (χ0n) is 16.8. The summed E-state index contributed by atoms with van der Waals surface area (Å²) < 4.78 is 28.7. The highest BCUT2D eigenvalue weighted by molar-refractivity contribution is 6.31. The second kappa shape index (κ2) is 7.84. The number of rotatable bonds is 4. The van der Waals surface area contributed by atoms with Crippen molar-refractivity contribution in [1.29, 1.82) is 0 Å². The van der Waals surface area contributed by atoms with Crippen LogP contribution in [0, 0.1) is 17.0 Å². The summed E-state index contributed by atoms with van der Waals surface area (Å²) in [5, 5.41) is 8.21. The molecule has 0 spiro atoms. The molecule has 1 aliphatic carbocycles. The van der Waals surface area contributed by atoms with Gasteiger partial charge in [-0.05, 0) is 48.1 Å². The summed E-state index contributed by atoms with van der Waals surface area (Å²) in [5.41, 5.74) is 2.97. The molecule has 1 aliphatic rings. The lowest BCUT2D eigenvalue weighted by molar-refractivity contribution is 0.0918. The maximum Gasteiger partial charge on any atom is 0.251 e. The van der Waals surface area contributed by atoms with Crippen molar-refractivity contribution in [3.05, 3.63) is 87.7 Å². The molecule has 30 heavy (non-hydrogen) atoms. The van der Waals surface area contributed by atoms with Crippen LogP contribution in [-0.4, -0.2) is 15.7 Å². The molecule has 0 bridgehead atoms. The monoisotopic (exact) mass is 429 g/mol. The third-order valence-electron chi connectivity index (χ3n) is 5.52. The molecular weight excluding hydrogens is 408 g/mol. The quantitative estimate of drug-likeness (QED) is 0.611. The number of hydrogen-bond acceptors (Lipinski definition) is 2. The number of aromatic nitrogens is 2. The van der Waals surface area contributed by atoms with Gasteiger partial charge in [-0.15, -0.1) is 0 Å². The van der Waals surface area contributed by atoms with Crippen molar-refractivity contribution in [2.24, 2.45) is 5.41 Å². The average molecular weight is 430 g/mol. The first-order valence-corrected chi connectivity index (χ1v) is 10.2. The molecule has 1 aromatic heterocycles. The van der Waals surface area contributed by atoms with Gasteiger partial charge in [-0.3, -0.25) is 9.48 Å². The zero-order chi connectivity index (χ0) is 21.5. The minimum absolute atomic E-state index is 0.0722. The van der Waals surface area contributed by atoms with E-state index in [1.807, 2.05) is 28.9 Å². The highest BCUT2D eigenvalue weighted by Crippen LogP contribution is 2.41. The maximum absolute atomic E-state index is 13.5. The predicted molar refractivity (Wildman–Crippen MR) is 111 cm³/mol. The fourth-order valence-corrected chi connectivity index (χ4v) is 4.22. The Morgan fingerprint density at radius 2 is 2.00 bits per heavy atom. The van der Waals surface area contributed by atoms with E-state index in [1.54, 1.807) is 6.20 Å². The van der Waals surface area contributed by atoms with E-state index in [4.69, 9.17) is 11.6 Å². The number of nitrogens with zero attached hydrogens (tertiary/aromatic N) is 2. The van der Waals surface area contributed by atoms with Crippen LogP contribution in [0.5, 0.6) is 0 Å². The summed E-state index contributed by atoms with van der Waals surface area (Å²) in [5.74, 6) is -2.46. The van der Waals surface area contributed by atoms with Crippen molar-refractivity contribution < 1.29 is 13.6 Å². The van der Waals surface area contributed by atoms with Crippen molar-refractivity contribution in [3.63, 3.8) is 0 Å². The van der Waals surface area contributed by atoms with Gasteiger partial charge in [0.15, 0.2) is 11.6 Å². The average Bonchev–Trinajstić information content (AvgIpc) is 3.07. The van der Waals surface area contributed by atoms with Gasteiger partial charge in [0.1, 0.15) is 0 Å². The zero-order valence-corrected chi connectivity index (χ0v) is 17.5. The van der Waals surface area contributed by atoms with Crippen LogP contribution >= 0.6 is 11.6 Å². The summed E-state index contributed by atoms with van der Waals surface area (Å²) in [6.07, 6.45) is 3.30. The fourth-order valence-electron chi connectivity index (χ4n) is 4.03. The Kier molecular flexibility index (Phi) is 5.36. The Morgan fingerprint density at radius 3 is 2.73 bits per heavy atom. The molecule has 0 aliphatic heterocycles. The molecule has 1 heterocycles. The third-order valence-corrected chi connectivity index (χ3v) is 5.89. The largest absolute Gasteiger partial charge is 0.345 e. The highest BCUT2D eigenvalue weighted by Gasteiger charge is 2.36. The van der Waals surface area contributed by atoms with E-state index in [-0.39, 0.29) is 17.0 Å². The normalized spacial score (nSPS) is 17.4. The van der Waals surface area contributed by atoms with Gasteiger partial charge in [0.2, 0.25) is 0 Å². The molecule has 7 heteroatoms. The van der Waals surface area contributed by atoms with Crippen molar-refractivity contribution in [1.82, 2.24) is 15.1 Å². The fraction of sp³-hybridized carbons (Fsp3) is 0.304. The minimum atomic E-state index is -1.04. The molecule has 0 radical (unpaired) electrons. The predicted octanol–water partition coefficient (Wildman–Crippen LogP) is 5.31. The number of carbonyl (C=O) groups excluding carboxylic acids is 1. The first-order chi connectivity index (χ1) is 14.2. The van der Waals surface area contributed by atoms with Crippen LogP contribution in [0.2, 0.25) is 5.02 Å². The van der Waals surface area contributed by atoms with E-state index in [2.05, 4.69) is 24.3 Å². The van der Waals surface area contributed by atoms with Gasteiger partial charge in [0, 0.05) is 21.8 Å². The molecule has 0 saturated carbocycles. The van der Waals surface area contributed by atoms with Crippen LogP contribution in [0.15, 0.2) is 48.7 Å². The first-order valence-electron chi connectivity index (χ1n) is 9.77. The molecule has 156 valence electrons. The van der Waals surface area contributed by atoms with E-state index in [0.717, 1.165) is 35.4 Å². The van der Waals surface area contributed by atoms with Gasteiger partial charge in [-0.2, -0.15) is 5.10 Å². The Labute approximate surface area is 178 Å². The molecule has 2 aromatic carbocycles. The SMILES string of the molecule is CC1(C)Cc2c(cnn2Cc2ccccc2Cl)[C@H](NC(=O)c2ccc(F)c(F)c2)C1. The van der Waals surface area contributed by atoms with Crippen LogP contribution < -0.4 is 5.32 Å². The van der Waals surface area contributed by atoms with Crippen LogP contribution in [-0.2, 0) is 13.0 Å². The molecule has 3 aromatic rings. The number of amides is 1. The molecule has 0 fully saturated rings. The second-order valence-corrected chi connectivity index (χ2v) is 8.90. The van der Waals surface area contributed by atoms with Gasteiger partial charge in [0.05, 0.1) is 18.8 Å². The summed E-state index contributed by atoms with van der Waals surface area (Å²) in [6.45, 7) is 4.81. The lowest BCUT2D eigenvalue weighted by Crippen LogP contribution is -2.37. The Balaban J connectivity index is 1.62. The van der Waals surface area contributed by atoms with E-state index in [0.29, 0.717) is 18.0 Å². The standard InChI is InChI=1S/C23H22ClF2N3O/c1-23(2)10-20(28-22(30)14-7-8-18(25)19(26)9-14)16-12-27-29(21(16)11-23)13-15-5-3-4-6-17(15)24/h3-9,12,20H,10-11,13H2,1-2H3,(H,28,30)/t20-/m1/s1. The van der Waals surface area contributed by atoms with Crippen LogP contribution in [0.1, 0.15) is 53.5 Å². The molecule has 1 N–H and O–H groups in total. The van der Waals surface area contributed by atoms with Gasteiger partial charge < -0.3 is 5.32 Å². The maximum atomic E-state index is 13.5. The molecular formula is C23H22ClF2N3O. The summed E-state index contributed by atoms with van der Waals surface area (Å²) in [6, 6.07) is 10.5. The number of fused-ring (bicyclic) bond motifs is 1. The summed E-state index contributed by atoms with van der Waals surface area (Å²) in [7, 11) is 0. The lowest BCUT2D eigenvalue weighted by atomic mass is 9.74. The Hall–Kier alpha value is -2.73. The number of benzene rings is 2. The van der Waals surface area contributed by atoms with Crippen LogP contribution in [0.25, 0.3) is 0 Å². The number of hydrogen-bond donors (Lipinski definition) is 1. The van der Waals surface area contributed by atoms with Crippen LogP contribution in [0.3, 0.4) is 0 Å². The smallest absolute Gasteiger partial charge is 0.251 e. The molecule has 0 saturated heterocycles.